The van der Waals surface area contributed by atoms with Gasteiger partial charge in [0.1, 0.15) is 0 Å². The predicted molar refractivity (Wildman–Crippen MR) is 162 cm³/mol. The Labute approximate surface area is 238 Å². The Morgan fingerprint density at radius 3 is 1.58 bits per heavy atom. The Balaban J connectivity index is 1.44. The Kier molecular flexibility index (Phi) is 6.95. The van der Waals surface area contributed by atoms with Crippen molar-refractivity contribution < 1.29 is 0 Å². The summed E-state index contributed by atoms with van der Waals surface area (Å²) < 4.78 is 1.97. The molecule has 0 fully saturated rings. The van der Waals surface area contributed by atoms with Gasteiger partial charge in [-0.05, 0) is 52.6 Å². The van der Waals surface area contributed by atoms with Gasteiger partial charge in [0.2, 0.25) is 0 Å². The molecule has 0 radical (unpaired) electrons. The van der Waals surface area contributed by atoms with Crippen molar-refractivity contribution in [3.63, 3.8) is 0 Å². The maximum atomic E-state index is 5.00. The summed E-state index contributed by atoms with van der Waals surface area (Å²) in [7, 11) is 0. The van der Waals surface area contributed by atoms with E-state index in [-0.39, 0.29) is 0 Å². The first-order valence-corrected chi connectivity index (χ1v) is 13.7. The number of hydrogen-bond donors (Lipinski definition) is 0. The molecule has 0 atom stereocenters. The molecule has 4 aromatic carbocycles. The lowest BCUT2D eigenvalue weighted by Crippen LogP contribution is -1.96. The largest absolute Gasteiger partial charge is 0.264 e. The van der Waals surface area contributed by atoms with Gasteiger partial charge < -0.3 is 0 Å². The molecule has 2 aromatic heterocycles. The van der Waals surface area contributed by atoms with Crippen molar-refractivity contribution >= 4 is 31.9 Å². The summed E-state index contributed by atoms with van der Waals surface area (Å²) >= 11 is 7.24. The van der Waals surface area contributed by atoms with Crippen LogP contribution in [-0.4, -0.2) is 15.0 Å². The average Bonchev–Trinajstić information content (AvgIpc) is 2.97. The third-order valence-corrected chi connectivity index (χ3v) is 7.23. The third kappa shape index (κ3) is 5.35. The second-order valence-corrected chi connectivity index (χ2v) is 10.7. The molecule has 0 bridgehead atoms. The summed E-state index contributed by atoms with van der Waals surface area (Å²) in [5.74, 6) is 0.679. The molecule has 0 saturated carbocycles. The molecule has 0 aliphatic carbocycles. The lowest BCUT2D eigenvalue weighted by Gasteiger charge is -2.11. The number of rotatable bonds is 5. The van der Waals surface area contributed by atoms with Crippen LogP contribution in [0, 0.1) is 0 Å². The number of hydrogen-bond acceptors (Lipinski definition) is 3. The molecule has 38 heavy (non-hydrogen) atoms. The first-order valence-electron chi connectivity index (χ1n) is 12.1. The monoisotopic (exact) mass is 617 g/mol. The lowest BCUT2D eigenvalue weighted by molar-refractivity contribution is 1.18. The summed E-state index contributed by atoms with van der Waals surface area (Å²) in [6.45, 7) is 0. The van der Waals surface area contributed by atoms with Gasteiger partial charge in [-0.3, -0.25) is 4.98 Å². The van der Waals surface area contributed by atoms with Crippen LogP contribution < -0.4 is 0 Å². The number of pyridine rings is 1. The molecule has 6 aromatic rings. The quantitative estimate of drug-likeness (QED) is 0.193. The first kappa shape index (κ1) is 24.4. The molecular weight excluding hydrogens is 598 g/mol. The second kappa shape index (κ2) is 10.8. The van der Waals surface area contributed by atoms with Crippen LogP contribution in [0.25, 0.3) is 56.2 Å². The molecule has 182 valence electrons. The highest BCUT2D eigenvalue weighted by Gasteiger charge is 2.12. The van der Waals surface area contributed by atoms with Gasteiger partial charge in [0.25, 0.3) is 0 Å². The molecule has 6 rings (SSSR count). The zero-order valence-electron chi connectivity index (χ0n) is 20.2. The van der Waals surface area contributed by atoms with Gasteiger partial charge in [0, 0.05) is 38.0 Å². The van der Waals surface area contributed by atoms with E-state index in [0.717, 1.165) is 48.2 Å². The third-order valence-electron chi connectivity index (χ3n) is 6.31. The summed E-state index contributed by atoms with van der Waals surface area (Å²) in [4.78, 5) is 14.2. The van der Waals surface area contributed by atoms with E-state index in [1.165, 1.54) is 11.1 Å². The van der Waals surface area contributed by atoms with Crippen molar-refractivity contribution in [3.05, 3.63) is 137 Å². The highest BCUT2D eigenvalue weighted by Crippen LogP contribution is 2.32. The van der Waals surface area contributed by atoms with E-state index in [2.05, 4.69) is 134 Å². The minimum absolute atomic E-state index is 0.679. The van der Waals surface area contributed by atoms with Crippen LogP contribution in [-0.2, 0) is 0 Å². The average molecular weight is 619 g/mol. The van der Waals surface area contributed by atoms with Gasteiger partial charge in [-0.2, -0.15) is 0 Å². The fraction of sp³-hybridized carbons (Fsp3) is 0. The van der Waals surface area contributed by atoms with E-state index in [9.17, 15) is 0 Å². The van der Waals surface area contributed by atoms with Crippen LogP contribution in [0.5, 0.6) is 0 Å². The van der Waals surface area contributed by atoms with Crippen LogP contribution in [0.4, 0.5) is 0 Å². The van der Waals surface area contributed by atoms with Crippen molar-refractivity contribution in [1.82, 2.24) is 15.0 Å². The van der Waals surface area contributed by atoms with E-state index in [0.29, 0.717) is 5.82 Å². The number of aromatic nitrogens is 3. The maximum Gasteiger partial charge on any atom is 0.160 e. The van der Waals surface area contributed by atoms with Gasteiger partial charge in [0.15, 0.2) is 5.82 Å². The predicted octanol–water partition coefficient (Wildman–Crippen LogP) is 9.73. The van der Waals surface area contributed by atoms with Crippen molar-refractivity contribution in [2.45, 2.75) is 0 Å². The van der Waals surface area contributed by atoms with E-state index < -0.39 is 0 Å². The van der Waals surface area contributed by atoms with Crippen molar-refractivity contribution in [2.75, 3.05) is 0 Å². The Bertz CT molecular complexity index is 1580. The number of nitrogens with zero attached hydrogens (tertiary/aromatic N) is 3. The normalized spacial score (nSPS) is 10.9. The van der Waals surface area contributed by atoms with Crippen molar-refractivity contribution in [2.24, 2.45) is 0 Å². The first-order chi connectivity index (χ1) is 18.6. The van der Waals surface area contributed by atoms with Gasteiger partial charge in [-0.15, -0.1) is 0 Å². The fourth-order valence-electron chi connectivity index (χ4n) is 4.38. The van der Waals surface area contributed by atoms with Gasteiger partial charge in [-0.1, -0.05) is 117 Å². The molecule has 0 aliphatic rings. The fourth-order valence-corrected chi connectivity index (χ4v) is 5.68. The minimum Gasteiger partial charge on any atom is -0.264 e. The van der Waals surface area contributed by atoms with E-state index >= 15 is 0 Å². The maximum absolute atomic E-state index is 5.00. The molecule has 2 heterocycles. The molecule has 5 heteroatoms. The number of benzene rings is 4. The second-order valence-electron chi connectivity index (χ2n) is 8.88. The summed E-state index contributed by atoms with van der Waals surface area (Å²) in [5.41, 5.74) is 9.27. The zero-order valence-corrected chi connectivity index (χ0v) is 23.4. The highest BCUT2D eigenvalue weighted by molar-refractivity contribution is 9.11. The summed E-state index contributed by atoms with van der Waals surface area (Å²) in [6.07, 6.45) is 3.65. The van der Waals surface area contributed by atoms with E-state index in [1.54, 1.807) is 6.20 Å². The molecule has 0 unspecified atom stereocenters. The smallest absolute Gasteiger partial charge is 0.160 e. The standard InChI is InChI=1S/C33H21Br2N3/c34-29-17-28(18-30(35)19-29)32-20-31(25-12-8-23(9-13-25)22-5-2-1-3-6-22)37-33(38-32)26-14-10-24(11-15-26)27-7-4-16-36-21-27/h1-21H. The molecule has 0 saturated heterocycles. The zero-order chi connectivity index (χ0) is 25.9. The van der Waals surface area contributed by atoms with Gasteiger partial charge in [0.05, 0.1) is 11.4 Å². The summed E-state index contributed by atoms with van der Waals surface area (Å²) in [6, 6.07) is 39.5. The molecular formula is C33H21Br2N3. The van der Waals surface area contributed by atoms with E-state index in [1.807, 2.05) is 24.4 Å². The van der Waals surface area contributed by atoms with Crippen LogP contribution >= 0.6 is 31.9 Å². The number of halogens is 2. The minimum atomic E-state index is 0.679. The van der Waals surface area contributed by atoms with Crippen LogP contribution in [0.2, 0.25) is 0 Å². The van der Waals surface area contributed by atoms with Crippen LogP contribution in [0.3, 0.4) is 0 Å². The van der Waals surface area contributed by atoms with Gasteiger partial charge >= 0.3 is 0 Å². The van der Waals surface area contributed by atoms with Gasteiger partial charge in [-0.25, -0.2) is 9.97 Å². The molecule has 0 aliphatic heterocycles. The highest BCUT2D eigenvalue weighted by atomic mass is 79.9. The topological polar surface area (TPSA) is 38.7 Å². The lowest BCUT2D eigenvalue weighted by atomic mass is 10.0. The Morgan fingerprint density at radius 1 is 0.421 bits per heavy atom. The van der Waals surface area contributed by atoms with E-state index in [4.69, 9.17) is 9.97 Å². The van der Waals surface area contributed by atoms with Crippen LogP contribution in [0.15, 0.2) is 137 Å². The SMILES string of the molecule is Brc1cc(Br)cc(-c2cc(-c3ccc(-c4ccccc4)cc3)nc(-c3ccc(-c4cccnc4)cc3)n2)c1. The molecule has 0 amide bonds. The summed E-state index contributed by atoms with van der Waals surface area (Å²) in [5, 5.41) is 0. The molecule has 0 spiro atoms. The van der Waals surface area contributed by atoms with Crippen molar-refractivity contribution in [1.29, 1.82) is 0 Å². The van der Waals surface area contributed by atoms with Crippen LogP contribution in [0.1, 0.15) is 0 Å². The Hall–Kier alpha value is -3.93. The molecule has 3 nitrogen and oxygen atoms in total. The molecule has 0 N–H and O–H groups in total. The van der Waals surface area contributed by atoms with Crippen molar-refractivity contribution in [3.8, 4) is 56.2 Å². The Morgan fingerprint density at radius 2 is 0.947 bits per heavy atom.